The molecular formula is C30H39N5O2. The Labute approximate surface area is 219 Å². The van der Waals surface area contributed by atoms with Gasteiger partial charge in [-0.05, 0) is 55.2 Å². The summed E-state index contributed by atoms with van der Waals surface area (Å²) >= 11 is 0. The van der Waals surface area contributed by atoms with E-state index >= 15 is 0 Å². The van der Waals surface area contributed by atoms with Gasteiger partial charge in [0.05, 0.1) is 6.33 Å². The van der Waals surface area contributed by atoms with Gasteiger partial charge in [0.25, 0.3) is 0 Å². The molecule has 196 valence electrons. The number of piperidine rings is 1. The molecule has 6 rings (SSSR count). The summed E-state index contributed by atoms with van der Waals surface area (Å²) in [5.74, 6) is 0.489. The molecule has 4 heterocycles. The van der Waals surface area contributed by atoms with Gasteiger partial charge in [0, 0.05) is 50.9 Å². The van der Waals surface area contributed by atoms with Crippen LogP contribution in [0.4, 0.5) is 0 Å². The van der Waals surface area contributed by atoms with Crippen LogP contribution in [-0.4, -0.2) is 74.2 Å². The molecule has 7 nitrogen and oxygen atoms in total. The molecule has 1 aliphatic carbocycles. The molecular weight excluding hydrogens is 462 g/mol. The van der Waals surface area contributed by atoms with E-state index in [1.807, 2.05) is 24.7 Å². The lowest BCUT2D eigenvalue weighted by molar-refractivity contribution is -0.145. The number of aliphatic carboxylic acids is 1. The minimum Gasteiger partial charge on any atom is -0.480 e. The molecule has 3 aromatic rings. The highest BCUT2D eigenvalue weighted by Gasteiger charge is 2.43. The fraction of sp³-hybridized carbons (Fsp3) is 0.567. The number of fused-ring (bicyclic) bond motifs is 1. The Kier molecular flexibility index (Phi) is 7.25. The first kappa shape index (κ1) is 24.6. The van der Waals surface area contributed by atoms with E-state index in [-0.39, 0.29) is 12.0 Å². The maximum atomic E-state index is 12.5. The standard InChI is InChI=1S/C30H39N5O2/c36-30(37)28(23-10-5-2-6-11-23)34-19-24(26(20-34)22-8-3-1-4-9-22)18-33-16-13-25(14-17-33)35-21-32-27-12-7-15-31-29(27)35/h1,3-4,7-9,12,15,21,23-26,28H,2,5-6,10-11,13-14,16-20H2,(H,36,37)/t24-,26+,28+/m0/s1. The van der Waals surface area contributed by atoms with Gasteiger partial charge in [-0.25, -0.2) is 9.97 Å². The number of likely N-dealkylation sites (tertiary alicyclic amines) is 2. The van der Waals surface area contributed by atoms with E-state index in [0.29, 0.717) is 17.9 Å². The first-order valence-corrected chi connectivity index (χ1v) is 14.2. The van der Waals surface area contributed by atoms with Crippen molar-refractivity contribution >= 4 is 17.1 Å². The Morgan fingerprint density at radius 1 is 0.946 bits per heavy atom. The Hall–Kier alpha value is -2.77. The highest BCUT2D eigenvalue weighted by molar-refractivity contribution is 5.74. The van der Waals surface area contributed by atoms with Gasteiger partial charge in [-0.2, -0.15) is 0 Å². The maximum absolute atomic E-state index is 12.5. The lowest BCUT2D eigenvalue weighted by Gasteiger charge is -2.35. The Bertz CT molecular complexity index is 1180. The van der Waals surface area contributed by atoms with Crippen molar-refractivity contribution in [2.24, 2.45) is 11.8 Å². The van der Waals surface area contributed by atoms with Gasteiger partial charge < -0.3 is 14.6 Å². The fourth-order valence-electron chi connectivity index (χ4n) is 7.35. The van der Waals surface area contributed by atoms with E-state index in [1.165, 1.54) is 24.8 Å². The molecule has 0 spiro atoms. The lowest BCUT2D eigenvalue weighted by atomic mass is 9.83. The Morgan fingerprint density at radius 2 is 1.73 bits per heavy atom. The van der Waals surface area contributed by atoms with Gasteiger partial charge in [0.1, 0.15) is 11.6 Å². The minimum absolute atomic E-state index is 0.288. The van der Waals surface area contributed by atoms with Crippen LogP contribution in [0, 0.1) is 11.8 Å². The van der Waals surface area contributed by atoms with E-state index in [0.717, 1.165) is 69.6 Å². The smallest absolute Gasteiger partial charge is 0.321 e. The molecule has 37 heavy (non-hydrogen) atoms. The van der Waals surface area contributed by atoms with Crippen LogP contribution in [0.5, 0.6) is 0 Å². The summed E-state index contributed by atoms with van der Waals surface area (Å²) < 4.78 is 2.26. The van der Waals surface area contributed by atoms with Crippen LogP contribution in [0.15, 0.2) is 55.0 Å². The monoisotopic (exact) mass is 501 g/mol. The summed E-state index contributed by atoms with van der Waals surface area (Å²) in [4.78, 5) is 26.6. The number of aromatic nitrogens is 3. The summed E-state index contributed by atoms with van der Waals surface area (Å²) in [7, 11) is 0. The van der Waals surface area contributed by atoms with Crippen molar-refractivity contribution in [1.82, 2.24) is 24.3 Å². The van der Waals surface area contributed by atoms with Gasteiger partial charge >= 0.3 is 5.97 Å². The van der Waals surface area contributed by atoms with Crippen molar-refractivity contribution in [1.29, 1.82) is 0 Å². The van der Waals surface area contributed by atoms with Crippen molar-refractivity contribution in [3.63, 3.8) is 0 Å². The van der Waals surface area contributed by atoms with E-state index < -0.39 is 5.97 Å². The molecule has 0 amide bonds. The maximum Gasteiger partial charge on any atom is 0.321 e. The number of pyridine rings is 1. The Morgan fingerprint density at radius 3 is 2.49 bits per heavy atom. The number of carboxylic acids is 1. The SMILES string of the molecule is O=C(O)[C@@H](C1CCCCC1)N1C[C@H](CN2CCC(n3cnc4cccnc43)CC2)[C@@H](c2ccccc2)C1. The number of carboxylic acid groups (broad SMARTS) is 1. The number of nitrogens with zero attached hydrogens (tertiary/aromatic N) is 5. The number of hydrogen-bond donors (Lipinski definition) is 1. The molecule has 2 aromatic heterocycles. The first-order chi connectivity index (χ1) is 18.2. The van der Waals surface area contributed by atoms with E-state index in [1.54, 1.807) is 0 Å². The Balaban J connectivity index is 1.15. The van der Waals surface area contributed by atoms with Crippen molar-refractivity contribution in [2.75, 3.05) is 32.7 Å². The van der Waals surface area contributed by atoms with Crippen LogP contribution >= 0.6 is 0 Å². The molecule has 3 atom stereocenters. The zero-order chi connectivity index (χ0) is 25.2. The van der Waals surface area contributed by atoms with Gasteiger partial charge in [-0.3, -0.25) is 9.69 Å². The zero-order valence-electron chi connectivity index (χ0n) is 21.7. The third-order valence-electron chi connectivity index (χ3n) is 9.21. The van der Waals surface area contributed by atoms with Crippen LogP contribution in [0.25, 0.3) is 11.2 Å². The number of rotatable bonds is 7. The van der Waals surface area contributed by atoms with Gasteiger partial charge in [-0.1, -0.05) is 49.6 Å². The number of benzene rings is 1. The summed E-state index contributed by atoms with van der Waals surface area (Å²) in [5, 5.41) is 10.3. The van der Waals surface area contributed by atoms with E-state index in [2.05, 4.69) is 54.7 Å². The van der Waals surface area contributed by atoms with Crippen molar-refractivity contribution in [2.45, 2.75) is 62.9 Å². The van der Waals surface area contributed by atoms with Gasteiger partial charge in [0.2, 0.25) is 0 Å². The molecule has 7 heteroatoms. The number of carbonyl (C=O) groups is 1. The molecule has 0 bridgehead atoms. The third-order valence-corrected chi connectivity index (χ3v) is 9.21. The second kappa shape index (κ2) is 10.9. The average molecular weight is 502 g/mol. The van der Waals surface area contributed by atoms with Crippen LogP contribution in [0.3, 0.4) is 0 Å². The van der Waals surface area contributed by atoms with Crippen molar-refractivity contribution < 1.29 is 9.90 Å². The highest BCUT2D eigenvalue weighted by Crippen LogP contribution is 2.39. The third kappa shape index (κ3) is 5.16. The zero-order valence-corrected chi connectivity index (χ0v) is 21.7. The molecule has 3 aliphatic rings. The molecule has 1 aromatic carbocycles. The van der Waals surface area contributed by atoms with Crippen molar-refractivity contribution in [3.8, 4) is 0 Å². The normalized spacial score (nSPS) is 25.5. The molecule has 2 aliphatic heterocycles. The first-order valence-electron chi connectivity index (χ1n) is 14.2. The predicted octanol–water partition coefficient (Wildman–Crippen LogP) is 4.82. The van der Waals surface area contributed by atoms with Crippen LogP contribution < -0.4 is 0 Å². The average Bonchev–Trinajstić information content (AvgIpc) is 3.55. The van der Waals surface area contributed by atoms with Crippen LogP contribution in [0.2, 0.25) is 0 Å². The second-order valence-corrected chi connectivity index (χ2v) is 11.4. The quantitative estimate of drug-likeness (QED) is 0.501. The summed E-state index contributed by atoms with van der Waals surface area (Å²) in [6, 6.07) is 14.9. The molecule has 3 fully saturated rings. The van der Waals surface area contributed by atoms with Crippen LogP contribution in [-0.2, 0) is 4.79 Å². The fourth-order valence-corrected chi connectivity index (χ4v) is 7.35. The van der Waals surface area contributed by atoms with E-state index in [4.69, 9.17) is 0 Å². The summed E-state index contributed by atoms with van der Waals surface area (Å²) in [5.41, 5.74) is 3.31. The van der Waals surface area contributed by atoms with Crippen molar-refractivity contribution in [3.05, 3.63) is 60.6 Å². The minimum atomic E-state index is -0.624. The van der Waals surface area contributed by atoms with Gasteiger partial charge in [-0.15, -0.1) is 0 Å². The molecule has 0 unspecified atom stereocenters. The number of imidazole rings is 1. The number of hydrogen-bond acceptors (Lipinski definition) is 5. The van der Waals surface area contributed by atoms with Crippen LogP contribution in [0.1, 0.15) is 62.5 Å². The lowest BCUT2D eigenvalue weighted by Crippen LogP contribution is -2.46. The molecule has 2 saturated heterocycles. The van der Waals surface area contributed by atoms with E-state index in [9.17, 15) is 9.90 Å². The summed E-state index contributed by atoms with van der Waals surface area (Å²) in [6.45, 7) is 4.87. The molecule has 1 N–H and O–H groups in total. The molecule has 0 radical (unpaired) electrons. The largest absolute Gasteiger partial charge is 0.480 e. The summed E-state index contributed by atoms with van der Waals surface area (Å²) in [6.07, 6.45) is 11.7. The van der Waals surface area contributed by atoms with Gasteiger partial charge in [0.15, 0.2) is 5.65 Å². The predicted molar refractivity (Wildman–Crippen MR) is 144 cm³/mol. The second-order valence-electron chi connectivity index (χ2n) is 11.4. The topological polar surface area (TPSA) is 74.5 Å². The highest BCUT2D eigenvalue weighted by atomic mass is 16.4. The molecule has 1 saturated carbocycles.